The summed E-state index contributed by atoms with van der Waals surface area (Å²) in [4.78, 5) is 20.0. The largest absolute Gasteiger partial charge is 0.495 e. The average Bonchev–Trinajstić information content (AvgIpc) is 3.28. The van der Waals surface area contributed by atoms with E-state index in [1.54, 1.807) is 13.4 Å². The molecular weight excluding hydrogens is 450 g/mol. The van der Waals surface area contributed by atoms with Crippen LogP contribution < -0.4 is 4.74 Å². The molecule has 0 bridgehead atoms. The smallest absolute Gasteiger partial charge is 0.289 e. The van der Waals surface area contributed by atoms with Crippen LogP contribution in [0.4, 0.5) is 0 Å². The number of fused-ring (bicyclic) bond motifs is 1. The number of carbonyl (C=O) groups excluding carboxylic acids is 1. The first kappa shape index (κ1) is 22.5. The van der Waals surface area contributed by atoms with Crippen molar-refractivity contribution in [2.24, 2.45) is 0 Å². The van der Waals surface area contributed by atoms with Crippen molar-refractivity contribution in [1.82, 2.24) is 14.5 Å². The lowest BCUT2D eigenvalue weighted by molar-refractivity contribution is -0.153. The second-order valence-corrected chi connectivity index (χ2v) is 9.40. The predicted molar refractivity (Wildman–Crippen MR) is 132 cm³/mol. The van der Waals surface area contributed by atoms with Crippen LogP contribution in [0.5, 0.6) is 5.75 Å². The van der Waals surface area contributed by atoms with Gasteiger partial charge < -0.3 is 18.9 Å². The van der Waals surface area contributed by atoms with Crippen LogP contribution in [0.3, 0.4) is 0 Å². The van der Waals surface area contributed by atoms with Gasteiger partial charge in [-0.2, -0.15) is 0 Å². The number of piperidine rings is 1. The van der Waals surface area contributed by atoms with Crippen molar-refractivity contribution in [1.29, 1.82) is 0 Å². The van der Waals surface area contributed by atoms with Crippen molar-refractivity contribution in [2.75, 3.05) is 7.11 Å². The number of benzene rings is 2. The van der Waals surface area contributed by atoms with E-state index < -0.39 is 0 Å². The quantitative estimate of drug-likeness (QED) is 0.450. The van der Waals surface area contributed by atoms with Gasteiger partial charge in [-0.05, 0) is 74.6 Å². The maximum atomic E-state index is 13.7. The van der Waals surface area contributed by atoms with Crippen molar-refractivity contribution < 1.29 is 14.3 Å². The Kier molecular flexibility index (Phi) is 6.09. The zero-order valence-corrected chi connectivity index (χ0v) is 20.3. The predicted octanol–water partition coefficient (Wildman–Crippen LogP) is 5.72. The van der Waals surface area contributed by atoms with Crippen LogP contribution in [-0.4, -0.2) is 39.6 Å². The summed E-state index contributed by atoms with van der Waals surface area (Å²) in [5, 5.41) is 0.696. The van der Waals surface area contributed by atoms with Crippen LogP contribution >= 0.6 is 11.6 Å². The van der Waals surface area contributed by atoms with Gasteiger partial charge in [-0.3, -0.25) is 4.79 Å². The molecule has 0 radical (unpaired) electrons. The van der Waals surface area contributed by atoms with Crippen molar-refractivity contribution in [2.45, 2.75) is 51.3 Å². The van der Waals surface area contributed by atoms with Crippen LogP contribution in [0, 0.1) is 6.92 Å². The molecule has 2 saturated heterocycles. The number of morpholine rings is 1. The van der Waals surface area contributed by atoms with E-state index in [-0.39, 0.29) is 24.1 Å². The number of hydrogen-bond acceptors (Lipinski definition) is 4. The van der Waals surface area contributed by atoms with E-state index in [9.17, 15) is 4.79 Å². The molecule has 2 aliphatic heterocycles. The van der Waals surface area contributed by atoms with Gasteiger partial charge in [-0.25, -0.2) is 4.98 Å². The van der Waals surface area contributed by atoms with Crippen LogP contribution in [0.1, 0.15) is 49.0 Å². The third-order valence-electron chi connectivity index (χ3n) is 6.72. The SMILES string of the molecule is COc1cc(C=C2O[C@@H](C)[C@H]3CCC[C@H](c4ccc(Cl)cc4)N3C2=O)ccc1-n1cnc(C)c1. The number of methoxy groups -OCH3 is 1. The van der Waals surface area contributed by atoms with Gasteiger partial charge in [0.25, 0.3) is 5.91 Å². The molecule has 176 valence electrons. The van der Waals surface area contributed by atoms with Gasteiger partial charge in [0.1, 0.15) is 11.9 Å². The van der Waals surface area contributed by atoms with Crippen LogP contribution in [-0.2, 0) is 9.53 Å². The first-order valence-corrected chi connectivity index (χ1v) is 12.0. The van der Waals surface area contributed by atoms with E-state index in [0.29, 0.717) is 16.5 Å². The maximum Gasteiger partial charge on any atom is 0.289 e. The van der Waals surface area contributed by atoms with E-state index >= 15 is 0 Å². The number of aromatic nitrogens is 2. The molecule has 3 atom stereocenters. The summed E-state index contributed by atoms with van der Waals surface area (Å²) in [7, 11) is 1.64. The number of aryl methyl sites for hydroxylation is 1. The Labute approximate surface area is 204 Å². The van der Waals surface area contributed by atoms with E-state index in [2.05, 4.69) is 4.98 Å². The van der Waals surface area contributed by atoms with Gasteiger partial charge in [0.2, 0.25) is 0 Å². The Morgan fingerprint density at radius 3 is 2.68 bits per heavy atom. The highest BCUT2D eigenvalue weighted by molar-refractivity contribution is 6.30. The Balaban J connectivity index is 1.47. The molecule has 1 amide bonds. The lowest BCUT2D eigenvalue weighted by Gasteiger charge is -2.48. The summed E-state index contributed by atoms with van der Waals surface area (Å²) in [6, 6.07) is 13.7. The van der Waals surface area contributed by atoms with Crippen molar-refractivity contribution >= 4 is 23.6 Å². The number of ether oxygens (including phenoxy) is 2. The van der Waals surface area contributed by atoms with E-state index in [0.717, 1.165) is 41.8 Å². The molecule has 2 aromatic carbocycles. The molecule has 6 nitrogen and oxygen atoms in total. The van der Waals surface area contributed by atoms with Gasteiger partial charge in [-0.15, -0.1) is 0 Å². The standard InChI is InChI=1S/C27H28ClN3O3/c1-17-15-30(16-29-17)24-12-7-19(13-25(24)33-3)14-26-27(32)31-22(18(2)34-26)5-4-6-23(31)20-8-10-21(28)11-9-20/h7-16,18,22-23H,4-6H2,1-3H3/t18-,22+,23+/m0/s1. The summed E-state index contributed by atoms with van der Waals surface area (Å²) in [5.41, 5.74) is 3.76. The second kappa shape index (κ2) is 9.18. The number of imidazole rings is 1. The minimum absolute atomic E-state index is 0.0136. The van der Waals surface area contributed by atoms with Crippen LogP contribution in [0.25, 0.3) is 11.8 Å². The monoisotopic (exact) mass is 477 g/mol. The number of halogens is 1. The minimum Gasteiger partial charge on any atom is -0.495 e. The molecule has 0 spiro atoms. The highest BCUT2D eigenvalue weighted by Gasteiger charge is 2.44. The number of carbonyl (C=O) groups is 1. The third kappa shape index (κ3) is 4.18. The van der Waals surface area contributed by atoms with E-state index in [4.69, 9.17) is 21.1 Å². The molecule has 0 N–H and O–H groups in total. The number of amides is 1. The molecule has 3 heterocycles. The molecule has 2 aliphatic rings. The maximum absolute atomic E-state index is 13.7. The Hall–Kier alpha value is -3.25. The van der Waals surface area contributed by atoms with Gasteiger partial charge in [0.05, 0.1) is 36.9 Å². The molecule has 2 fully saturated rings. The Morgan fingerprint density at radius 2 is 1.97 bits per heavy atom. The number of hydrogen-bond donors (Lipinski definition) is 0. The highest BCUT2D eigenvalue weighted by Crippen LogP contribution is 2.41. The first-order chi connectivity index (χ1) is 16.4. The average molecular weight is 478 g/mol. The highest BCUT2D eigenvalue weighted by atomic mass is 35.5. The Bertz CT molecular complexity index is 1230. The van der Waals surface area contributed by atoms with Crippen molar-refractivity contribution in [3.05, 3.63) is 82.6 Å². The molecule has 1 aromatic heterocycles. The minimum atomic E-state index is -0.0888. The number of rotatable bonds is 4. The molecule has 5 rings (SSSR count). The third-order valence-corrected chi connectivity index (χ3v) is 6.97. The fourth-order valence-corrected chi connectivity index (χ4v) is 5.17. The van der Waals surface area contributed by atoms with Crippen molar-refractivity contribution in [3.63, 3.8) is 0 Å². The van der Waals surface area contributed by atoms with Gasteiger partial charge >= 0.3 is 0 Å². The lowest BCUT2D eigenvalue weighted by Crippen LogP contribution is -2.55. The summed E-state index contributed by atoms with van der Waals surface area (Å²) in [5.74, 6) is 0.979. The fraction of sp³-hybridized carbons (Fsp3) is 0.333. The molecule has 3 aromatic rings. The van der Waals surface area contributed by atoms with E-state index in [1.807, 2.05) is 78.1 Å². The van der Waals surface area contributed by atoms with E-state index in [1.165, 1.54) is 0 Å². The molecule has 0 unspecified atom stereocenters. The summed E-state index contributed by atoms with van der Waals surface area (Å²) in [6.07, 6.45) is 8.35. The zero-order valence-electron chi connectivity index (χ0n) is 19.6. The summed E-state index contributed by atoms with van der Waals surface area (Å²) >= 11 is 6.10. The Morgan fingerprint density at radius 1 is 1.18 bits per heavy atom. The summed E-state index contributed by atoms with van der Waals surface area (Å²) < 4.78 is 13.7. The molecule has 34 heavy (non-hydrogen) atoms. The van der Waals surface area contributed by atoms with Gasteiger partial charge in [0.15, 0.2) is 5.76 Å². The zero-order chi connectivity index (χ0) is 23.8. The van der Waals surface area contributed by atoms with Gasteiger partial charge in [0, 0.05) is 11.2 Å². The first-order valence-electron chi connectivity index (χ1n) is 11.6. The summed E-state index contributed by atoms with van der Waals surface area (Å²) in [6.45, 7) is 3.99. The van der Waals surface area contributed by atoms with Crippen LogP contribution in [0.15, 0.2) is 60.7 Å². The molecule has 0 aliphatic carbocycles. The molecular formula is C27H28ClN3O3. The molecule has 0 saturated carbocycles. The van der Waals surface area contributed by atoms with Gasteiger partial charge in [-0.1, -0.05) is 29.8 Å². The molecule has 7 heteroatoms. The fourth-order valence-electron chi connectivity index (χ4n) is 5.05. The topological polar surface area (TPSA) is 56.6 Å². The lowest BCUT2D eigenvalue weighted by atomic mass is 9.87. The van der Waals surface area contributed by atoms with Crippen molar-refractivity contribution in [3.8, 4) is 11.4 Å². The normalized spacial score (nSPS) is 23.5. The van der Waals surface area contributed by atoms with Crippen LogP contribution in [0.2, 0.25) is 5.02 Å². The second-order valence-electron chi connectivity index (χ2n) is 8.96. The number of nitrogens with zero attached hydrogens (tertiary/aromatic N) is 3.